The highest BCUT2D eigenvalue weighted by Crippen LogP contribution is 2.13. The Balaban J connectivity index is 1.97. The zero-order valence-corrected chi connectivity index (χ0v) is 12.4. The van der Waals surface area contributed by atoms with Crippen molar-refractivity contribution in [2.24, 2.45) is 10.9 Å². The molecule has 7 heteroatoms. The van der Waals surface area contributed by atoms with Crippen molar-refractivity contribution in [3.8, 4) is 0 Å². The van der Waals surface area contributed by atoms with Crippen LogP contribution in [0.2, 0.25) is 0 Å². The van der Waals surface area contributed by atoms with Gasteiger partial charge >= 0.3 is 0 Å². The van der Waals surface area contributed by atoms with Crippen molar-refractivity contribution in [3.63, 3.8) is 0 Å². The maximum atomic E-state index is 12.0. The first-order chi connectivity index (χ1) is 10.1. The van der Waals surface area contributed by atoms with Crippen molar-refractivity contribution in [1.29, 1.82) is 0 Å². The van der Waals surface area contributed by atoms with Gasteiger partial charge in [-0.05, 0) is 18.6 Å². The summed E-state index contributed by atoms with van der Waals surface area (Å²) >= 11 is 1.59. The molecule has 0 aliphatic carbocycles. The first kappa shape index (κ1) is 15.0. The Bertz CT molecular complexity index is 649. The van der Waals surface area contributed by atoms with Crippen LogP contribution in [0.25, 0.3) is 0 Å². The lowest BCUT2D eigenvalue weighted by atomic mass is 10.1. The van der Waals surface area contributed by atoms with Gasteiger partial charge in [0.2, 0.25) is 0 Å². The van der Waals surface area contributed by atoms with E-state index < -0.39 is 0 Å². The number of carbonyl (C=O) groups is 1. The number of hydrogen-bond donors (Lipinski definition) is 3. The number of hydrogen-bond acceptors (Lipinski definition) is 5. The van der Waals surface area contributed by atoms with E-state index >= 15 is 0 Å². The third kappa shape index (κ3) is 3.79. The number of oxime groups is 1. The average molecular weight is 304 g/mol. The molecule has 110 valence electrons. The molecule has 1 amide bonds. The molecule has 0 bridgehead atoms. The van der Waals surface area contributed by atoms with Crippen molar-refractivity contribution >= 4 is 23.1 Å². The monoisotopic (exact) mass is 304 g/mol. The van der Waals surface area contributed by atoms with Crippen molar-refractivity contribution in [2.45, 2.75) is 19.9 Å². The van der Waals surface area contributed by atoms with Gasteiger partial charge in [-0.25, -0.2) is 4.98 Å². The summed E-state index contributed by atoms with van der Waals surface area (Å²) in [6.07, 6.45) is 2.78. The van der Waals surface area contributed by atoms with Gasteiger partial charge in [-0.1, -0.05) is 24.2 Å². The molecule has 2 rings (SSSR count). The number of carbonyl (C=O) groups excluding carboxylic acids is 1. The van der Waals surface area contributed by atoms with Gasteiger partial charge in [0.1, 0.15) is 5.01 Å². The number of benzene rings is 1. The summed E-state index contributed by atoms with van der Waals surface area (Å²) in [5, 5.41) is 15.2. The number of nitrogens with one attached hydrogen (secondary N) is 1. The van der Waals surface area contributed by atoms with Crippen LogP contribution in [0, 0.1) is 0 Å². The van der Waals surface area contributed by atoms with E-state index in [0.717, 1.165) is 11.4 Å². The molecule has 0 radical (unpaired) electrons. The molecule has 0 saturated heterocycles. The van der Waals surface area contributed by atoms with Crippen LogP contribution in [-0.4, -0.2) is 21.9 Å². The van der Waals surface area contributed by atoms with Gasteiger partial charge in [0, 0.05) is 22.2 Å². The molecule has 0 aliphatic rings. The smallest absolute Gasteiger partial charge is 0.251 e. The van der Waals surface area contributed by atoms with Crippen LogP contribution in [-0.2, 0) is 13.0 Å². The highest BCUT2D eigenvalue weighted by Gasteiger charge is 2.08. The van der Waals surface area contributed by atoms with E-state index in [9.17, 15) is 4.79 Å². The SMILES string of the molecule is CCc1cnc(CNC(=O)c2ccc(/C(N)=N/O)cc2)s1. The first-order valence-electron chi connectivity index (χ1n) is 6.43. The Labute approximate surface area is 126 Å². The predicted molar refractivity (Wildman–Crippen MR) is 81.6 cm³/mol. The van der Waals surface area contributed by atoms with Crippen molar-refractivity contribution in [1.82, 2.24) is 10.3 Å². The average Bonchev–Trinajstić information content (AvgIpc) is 3.00. The quantitative estimate of drug-likeness (QED) is 0.339. The Morgan fingerprint density at radius 3 is 2.62 bits per heavy atom. The molecule has 0 spiro atoms. The lowest BCUT2D eigenvalue weighted by Gasteiger charge is -2.04. The molecule has 4 N–H and O–H groups in total. The topological polar surface area (TPSA) is 101 Å². The van der Waals surface area contributed by atoms with Crippen LogP contribution in [0.15, 0.2) is 35.6 Å². The molecule has 1 heterocycles. The molecule has 0 aliphatic heterocycles. The van der Waals surface area contributed by atoms with Gasteiger partial charge in [-0.15, -0.1) is 11.3 Å². The molecular weight excluding hydrogens is 288 g/mol. The van der Waals surface area contributed by atoms with Gasteiger partial charge in [-0.2, -0.15) is 0 Å². The minimum absolute atomic E-state index is 0.0110. The highest BCUT2D eigenvalue weighted by molar-refractivity contribution is 7.11. The number of aryl methyl sites for hydroxylation is 1. The summed E-state index contributed by atoms with van der Waals surface area (Å²) in [6.45, 7) is 2.48. The van der Waals surface area contributed by atoms with Gasteiger partial charge in [0.05, 0.1) is 6.54 Å². The molecule has 2 aromatic rings. The molecule has 0 unspecified atom stereocenters. The van der Waals surface area contributed by atoms with Crippen LogP contribution >= 0.6 is 11.3 Å². The number of aromatic nitrogens is 1. The van der Waals surface area contributed by atoms with Gasteiger partial charge in [0.25, 0.3) is 5.91 Å². The fraction of sp³-hybridized carbons (Fsp3) is 0.214. The van der Waals surface area contributed by atoms with E-state index in [1.807, 2.05) is 6.20 Å². The van der Waals surface area contributed by atoms with Gasteiger partial charge < -0.3 is 16.3 Å². The Kier molecular flexibility index (Phi) is 4.89. The second-order valence-corrected chi connectivity index (χ2v) is 5.52. The maximum absolute atomic E-state index is 12.0. The molecule has 6 nitrogen and oxygen atoms in total. The Morgan fingerprint density at radius 1 is 1.38 bits per heavy atom. The Morgan fingerprint density at radius 2 is 2.05 bits per heavy atom. The van der Waals surface area contributed by atoms with Crippen LogP contribution in [0.4, 0.5) is 0 Å². The first-order valence-corrected chi connectivity index (χ1v) is 7.25. The second-order valence-electron chi connectivity index (χ2n) is 4.32. The minimum atomic E-state index is -0.186. The zero-order valence-electron chi connectivity index (χ0n) is 11.5. The largest absolute Gasteiger partial charge is 0.409 e. The molecule has 1 aromatic carbocycles. The molecule has 21 heavy (non-hydrogen) atoms. The summed E-state index contributed by atoms with van der Waals surface area (Å²) in [7, 11) is 0. The molecular formula is C14H16N4O2S. The summed E-state index contributed by atoms with van der Waals surface area (Å²) in [4.78, 5) is 17.4. The zero-order chi connectivity index (χ0) is 15.2. The summed E-state index contributed by atoms with van der Waals surface area (Å²) in [5.41, 5.74) is 6.53. The third-order valence-corrected chi connectivity index (χ3v) is 4.04. The lowest BCUT2D eigenvalue weighted by molar-refractivity contribution is 0.0951. The van der Waals surface area contributed by atoms with E-state index in [-0.39, 0.29) is 11.7 Å². The normalized spacial score (nSPS) is 11.4. The number of amidine groups is 1. The van der Waals surface area contributed by atoms with E-state index in [0.29, 0.717) is 17.7 Å². The number of nitrogens with zero attached hydrogens (tertiary/aromatic N) is 2. The fourth-order valence-corrected chi connectivity index (χ4v) is 2.50. The molecule has 0 fully saturated rings. The van der Waals surface area contributed by atoms with Gasteiger partial charge in [0.15, 0.2) is 5.84 Å². The molecule has 1 aromatic heterocycles. The number of thiazole rings is 1. The van der Waals surface area contributed by atoms with Crippen molar-refractivity contribution in [2.75, 3.05) is 0 Å². The minimum Gasteiger partial charge on any atom is -0.409 e. The van der Waals surface area contributed by atoms with Crippen LogP contribution < -0.4 is 11.1 Å². The van der Waals surface area contributed by atoms with Crippen LogP contribution in [0.5, 0.6) is 0 Å². The standard InChI is InChI=1S/C14H16N4O2S/c1-2-11-7-16-12(21-11)8-17-14(19)10-5-3-9(4-6-10)13(15)18-20/h3-7,20H,2,8H2,1H3,(H2,15,18)(H,17,19). The second kappa shape index (κ2) is 6.85. The maximum Gasteiger partial charge on any atom is 0.251 e. The van der Waals surface area contributed by atoms with Crippen molar-refractivity contribution in [3.05, 3.63) is 51.5 Å². The highest BCUT2D eigenvalue weighted by atomic mass is 32.1. The van der Waals surface area contributed by atoms with E-state index in [4.69, 9.17) is 10.9 Å². The van der Waals surface area contributed by atoms with Crippen LogP contribution in [0.1, 0.15) is 32.7 Å². The molecule has 0 atom stereocenters. The number of nitrogens with two attached hydrogens (primary N) is 1. The predicted octanol–water partition coefficient (Wildman–Crippen LogP) is 1.73. The fourth-order valence-electron chi connectivity index (χ4n) is 1.70. The van der Waals surface area contributed by atoms with E-state index in [2.05, 4.69) is 22.4 Å². The van der Waals surface area contributed by atoms with Gasteiger partial charge in [-0.3, -0.25) is 4.79 Å². The lowest BCUT2D eigenvalue weighted by Crippen LogP contribution is -2.23. The number of rotatable bonds is 5. The third-order valence-electron chi connectivity index (χ3n) is 2.90. The summed E-state index contributed by atoms with van der Waals surface area (Å²) < 4.78 is 0. The van der Waals surface area contributed by atoms with Crippen molar-refractivity contribution < 1.29 is 10.0 Å². The van der Waals surface area contributed by atoms with Crippen LogP contribution in [0.3, 0.4) is 0 Å². The van der Waals surface area contributed by atoms with E-state index in [1.165, 1.54) is 4.88 Å². The molecule has 0 saturated carbocycles. The van der Waals surface area contributed by atoms with E-state index in [1.54, 1.807) is 35.6 Å². The summed E-state index contributed by atoms with van der Waals surface area (Å²) in [6, 6.07) is 6.51. The number of amides is 1. The summed E-state index contributed by atoms with van der Waals surface area (Å²) in [5.74, 6) is -0.175. The Hall–Kier alpha value is -2.41.